The zero-order chi connectivity index (χ0) is 18.4. The van der Waals surface area contributed by atoms with Gasteiger partial charge < -0.3 is 5.32 Å². The molecule has 1 fully saturated rings. The van der Waals surface area contributed by atoms with Crippen molar-refractivity contribution in [3.63, 3.8) is 0 Å². The fraction of sp³-hybridized carbons (Fsp3) is 0.368. The van der Waals surface area contributed by atoms with Crippen molar-refractivity contribution >= 4 is 15.9 Å². The maximum Gasteiger partial charge on any atom is 0.223 e. The maximum absolute atomic E-state index is 12.6. The third-order valence-electron chi connectivity index (χ3n) is 4.60. The van der Waals surface area contributed by atoms with Crippen molar-refractivity contribution in [3.8, 4) is 0 Å². The topological polar surface area (TPSA) is 79.4 Å². The standard InChI is InChI=1S/C19H23N3O3S/c23-19(21-14-17-7-4-10-20-13-17)18-8-11-22(12-9-18)26(24,25)15-16-5-2-1-3-6-16/h1-7,10,13,18H,8-9,11-12,14-15H2,(H,21,23). The van der Waals surface area contributed by atoms with E-state index in [1.807, 2.05) is 42.5 Å². The lowest BCUT2D eigenvalue weighted by Gasteiger charge is -2.30. The van der Waals surface area contributed by atoms with Crippen LogP contribution in [0.3, 0.4) is 0 Å². The normalized spacial score (nSPS) is 16.3. The summed E-state index contributed by atoms with van der Waals surface area (Å²) in [5, 5.41) is 2.92. The lowest BCUT2D eigenvalue weighted by Crippen LogP contribution is -2.43. The number of nitrogens with zero attached hydrogens (tertiary/aromatic N) is 2. The highest BCUT2D eigenvalue weighted by Crippen LogP contribution is 2.22. The van der Waals surface area contributed by atoms with E-state index >= 15 is 0 Å². The highest BCUT2D eigenvalue weighted by molar-refractivity contribution is 7.88. The Hall–Kier alpha value is -2.25. The molecule has 7 heteroatoms. The summed E-state index contributed by atoms with van der Waals surface area (Å²) in [5.74, 6) is -0.157. The van der Waals surface area contributed by atoms with Crippen molar-refractivity contribution in [3.05, 3.63) is 66.0 Å². The van der Waals surface area contributed by atoms with Gasteiger partial charge in [0, 0.05) is 37.9 Å². The molecule has 6 nitrogen and oxygen atoms in total. The van der Waals surface area contributed by atoms with Gasteiger partial charge in [0.15, 0.2) is 0 Å². The van der Waals surface area contributed by atoms with Crippen LogP contribution in [0.4, 0.5) is 0 Å². The van der Waals surface area contributed by atoms with Gasteiger partial charge in [0.2, 0.25) is 15.9 Å². The molecule has 26 heavy (non-hydrogen) atoms. The number of benzene rings is 1. The third-order valence-corrected chi connectivity index (χ3v) is 6.45. The minimum Gasteiger partial charge on any atom is -0.352 e. The van der Waals surface area contributed by atoms with Gasteiger partial charge in [-0.1, -0.05) is 36.4 Å². The average Bonchev–Trinajstić information content (AvgIpc) is 2.67. The molecule has 2 heterocycles. The average molecular weight is 373 g/mol. The van der Waals surface area contributed by atoms with Gasteiger partial charge in [-0.25, -0.2) is 12.7 Å². The SMILES string of the molecule is O=C(NCc1cccnc1)C1CCN(S(=O)(=O)Cc2ccccc2)CC1. The number of sulfonamides is 1. The molecule has 0 saturated carbocycles. The molecular formula is C19H23N3O3S. The molecular weight excluding hydrogens is 350 g/mol. The molecule has 2 aromatic rings. The smallest absolute Gasteiger partial charge is 0.223 e. The molecule has 1 N–H and O–H groups in total. The van der Waals surface area contributed by atoms with Crippen LogP contribution in [-0.4, -0.2) is 36.7 Å². The number of hydrogen-bond donors (Lipinski definition) is 1. The number of pyridine rings is 1. The van der Waals surface area contributed by atoms with Gasteiger partial charge in [-0.2, -0.15) is 0 Å². The van der Waals surface area contributed by atoms with Crippen LogP contribution in [0.15, 0.2) is 54.9 Å². The lowest BCUT2D eigenvalue weighted by molar-refractivity contribution is -0.126. The van der Waals surface area contributed by atoms with Crippen LogP contribution in [0.2, 0.25) is 0 Å². The van der Waals surface area contributed by atoms with E-state index < -0.39 is 10.0 Å². The summed E-state index contributed by atoms with van der Waals surface area (Å²) in [6.45, 7) is 1.22. The molecule has 0 radical (unpaired) electrons. The van der Waals surface area contributed by atoms with Crippen molar-refractivity contribution in [1.82, 2.24) is 14.6 Å². The lowest BCUT2D eigenvalue weighted by atomic mass is 9.97. The van der Waals surface area contributed by atoms with Crippen LogP contribution < -0.4 is 5.32 Å². The maximum atomic E-state index is 12.6. The predicted octanol–water partition coefficient (Wildman–Crippen LogP) is 1.94. The first-order valence-corrected chi connectivity index (χ1v) is 10.3. The second kappa shape index (κ2) is 8.42. The number of carbonyl (C=O) groups is 1. The summed E-state index contributed by atoms with van der Waals surface area (Å²) in [6.07, 6.45) is 4.51. The number of rotatable bonds is 6. The molecule has 1 amide bonds. The molecule has 1 saturated heterocycles. The molecule has 1 aliphatic rings. The van der Waals surface area contributed by atoms with Crippen LogP contribution in [0.5, 0.6) is 0 Å². The zero-order valence-electron chi connectivity index (χ0n) is 14.5. The summed E-state index contributed by atoms with van der Waals surface area (Å²) in [5.41, 5.74) is 1.73. The minimum atomic E-state index is -3.35. The first kappa shape index (κ1) is 18.5. The molecule has 0 spiro atoms. The van der Waals surface area contributed by atoms with Crippen molar-refractivity contribution < 1.29 is 13.2 Å². The number of hydrogen-bond acceptors (Lipinski definition) is 4. The van der Waals surface area contributed by atoms with Gasteiger partial charge in [-0.3, -0.25) is 9.78 Å². The fourth-order valence-electron chi connectivity index (χ4n) is 3.11. The second-order valence-electron chi connectivity index (χ2n) is 6.49. The molecule has 3 rings (SSSR count). The molecule has 0 aliphatic carbocycles. The Bertz CT molecular complexity index is 818. The first-order valence-electron chi connectivity index (χ1n) is 8.73. The Labute approximate surface area is 154 Å². The second-order valence-corrected chi connectivity index (χ2v) is 8.46. The highest BCUT2D eigenvalue weighted by Gasteiger charge is 2.31. The molecule has 0 bridgehead atoms. The van der Waals surface area contributed by atoms with E-state index in [0.29, 0.717) is 32.5 Å². The summed E-state index contributed by atoms with van der Waals surface area (Å²) in [4.78, 5) is 16.3. The number of piperidine rings is 1. The van der Waals surface area contributed by atoms with Gasteiger partial charge in [-0.15, -0.1) is 0 Å². The Kier molecular flexibility index (Phi) is 6.00. The van der Waals surface area contributed by atoms with Crippen LogP contribution >= 0.6 is 0 Å². The Morgan fingerprint density at radius 2 is 1.77 bits per heavy atom. The van der Waals surface area contributed by atoms with Crippen molar-refractivity contribution in [2.24, 2.45) is 5.92 Å². The minimum absolute atomic E-state index is 0.00566. The summed E-state index contributed by atoms with van der Waals surface area (Å²) in [6, 6.07) is 12.9. The van der Waals surface area contributed by atoms with E-state index in [4.69, 9.17) is 0 Å². The van der Waals surface area contributed by atoms with Gasteiger partial charge in [-0.05, 0) is 30.0 Å². The van der Waals surface area contributed by atoms with E-state index in [1.165, 1.54) is 4.31 Å². The van der Waals surface area contributed by atoms with Crippen LogP contribution in [0, 0.1) is 5.92 Å². The quantitative estimate of drug-likeness (QED) is 0.839. The van der Waals surface area contributed by atoms with Gasteiger partial charge >= 0.3 is 0 Å². The van der Waals surface area contributed by atoms with Gasteiger partial charge in [0.1, 0.15) is 0 Å². The fourth-order valence-corrected chi connectivity index (χ4v) is 4.67. The van der Waals surface area contributed by atoms with E-state index in [-0.39, 0.29) is 17.6 Å². The van der Waals surface area contributed by atoms with Crippen molar-refractivity contribution in [2.45, 2.75) is 25.1 Å². The molecule has 1 aromatic carbocycles. The van der Waals surface area contributed by atoms with Crippen LogP contribution in [0.25, 0.3) is 0 Å². The number of amides is 1. The Morgan fingerprint density at radius 1 is 1.08 bits per heavy atom. The monoisotopic (exact) mass is 373 g/mol. The Morgan fingerprint density at radius 3 is 2.42 bits per heavy atom. The summed E-state index contributed by atoms with van der Waals surface area (Å²) >= 11 is 0. The van der Waals surface area contributed by atoms with Crippen LogP contribution in [-0.2, 0) is 27.1 Å². The number of carbonyl (C=O) groups excluding carboxylic acids is 1. The van der Waals surface area contributed by atoms with Crippen LogP contribution in [0.1, 0.15) is 24.0 Å². The molecule has 0 unspecified atom stereocenters. The Balaban J connectivity index is 1.49. The van der Waals surface area contributed by atoms with E-state index in [1.54, 1.807) is 12.4 Å². The summed E-state index contributed by atoms with van der Waals surface area (Å²) < 4.78 is 26.6. The summed E-state index contributed by atoms with van der Waals surface area (Å²) in [7, 11) is -3.35. The molecule has 138 valence electrons. The van der Waals surface area contributed by atoms with Crippen molar-refractivity contribution in [2.75, 3.05) is 13.1 Å². The zero-order valence-corrected chi connectivity index (χ0v) is 15.4. The van der Waals surface area contributed by atoms with Gasteiger partial charge in [0.25, 0.3) is 0 Å². The van der Waals surface area contributed by atoms with Gasteiger partial charge in [0.05, 0.1) is 5.75 Å². The molecule has 0 atom stereocenters. The van der Waals surface area contributed by atoms with Crippen molar-refractivity contribution in [1.29, 1.82) is 0 Å². The van der Waals surface area contributed by atoms with E-state index in [2.05, 4.69) is 10.3 Å². The third kappa shape index (κ3) is 4.89. The number of nitrogens with one attached hydrogen (secondary N) is 1. The first-order chi connectivity index (χ1) is 12.5. The molecule has 1 aliphatic heterocycles. The number of aromatic nitrogens is 1. The molecule has 1 aromatic heterocycles. The highest BCUT2D eigenvalue weighted by atomic mass is 32.2. The van der Waals surface area contributed by atoms with E-state index in [0.717, 1.165) is 11.1 Å². The predicted molar refractivity (Wildman–Crippen MR) is 99.4 cm³/mol. The largest absolute Gasteiger partial charge is 0.352 e. The van der Waals surface area contributed by atoms with E-state index in [9.17, 15) is 13.2 Å².